The molecule has 1 heteroatoms. The van der Waals surface area contributed by atoms with Crippen LogP contribution < -0.4 is 0 Å². The summed E-state index contributed by atoms with van der Waals surface area (Å²) in [6.07, 6.45) is 12.7. The van der Waals surface area contributed by atoms with Crippen molar-refractivity contribution in [3.05, 3.63) is 12.7 Å². The molecule has 0 spiro atoms. The van der Waals surface area contributed by atoms with Crippen LogP contribution >= 0.6 is 0 Å². The van der Waals surface area contributed by atoms with Gasteiger partial charge in [-0.3, -0.25) is 0 Å². The van der Waals surface area contributed by atoms with Crippen molar-refractivity contribution >= 4 is 0 Å². The van der Waals surface area contributed by atoms with Crippen LogP contribution in [0.5, 0.6) is 0 Å². The minimum Gasteiger partial charge on any atom is -0.377 e. The lowest BCUT2D eigenvalue weighted by atomic mass is 10.1. The fraction of sp³-hybridized carbons (Fsp3) is 0.846. The third-order valence-corrected chi connectivity index (χ3v) is 2.38. The lowest BCUT2D eigenvalue weighted by Gasteiger charge is -2.01. The fourth-order valence-corrected chi connectivity index (χ4v) is 1.50. The number of ether oxygens (including phenoxy) is 1. The van der Waals surface area contributed by atoms with Crippen LogP contribution in [0.25, 0.3) is 0 Å². The van der Waals surface area contributed by atoms with E-state index in [0.29, 0.717) is 6.61 Å². The molecule has 0 rings (SSSR count). The molecule has 0 N–H and O–H groups in total. The average Bonchev–Trinajstić information content (AvgIpc) is 2.21. The van der Waals surface area contributed by atoms with Crippen LogP contribution in [0.1, 0.15) is 58.3 Å². The highest BCUT2D eigenvalue weighted by molar-refractivity contribution is 4.63. The van der Waals surface area contributed by atoms with E-state index < -0.39 is 0 Å². The van der Waals surface area contributed by atoms with E-state index in [9.17, 15) is 0 Å². The van der Waals surface area contributed by atoms with E-state index in [1.807, 2.05) is 6.08 Å². The number of hydrogen-bond acceptors (Lipinski definition) is 1. The largest absolute Gasteiger partial charge is 0.377 e. The van der Waals surface area contributed by atoms with Crippen LogP contribution in [0.4, 0.5) is 0 Å². The lowest BCUT2D eigenvalue weighted by molar-refractivity contribution is 0.157. The summed E-state index contributed by atoms with van der Waals surface area (Å²) in [4.78, 5) is 0. The first-order chi connectivity index (χ1) is 6.91. The Morgan fingerprint density at radius 2 is 1.50 bits per heavy atom. The van der Waals surface area contributed by atoms with Crippen LogP contribution in [-0.2, 0) is 4.74 Å². The van der Waals surface area contributed by atoms with Crippen molar-refractivity contribution in [3.8, 4) is 0 Å². The summed E-state index contributed by atoms with van der Waals surface area (Å²) in [5.41, 5.74) is 0. The minimum absolute atomic E-state index is 0.705. The van der Waals surface area contributed by atoms with Crippen LogP contribution in [0.15, 0.2) is 12.7 Å². The first-order valence-corrected chi connectivity index (χ1v) is 6.10. The van der Waals surface area contributed by atoms with E-state index in [4.69, 9.17) is 4.74 Å². The first-order valence-electron chi connectivity index (χ1n) is 6.10. The monoisotopic (exact) mass is 198 g/mol. The molecular formula is C13H26O. The van der Waals surface area contributed by atoms with Crippen LogP contribution in [0, 0.1) is 0 Å². The van der Waals surface area contributed by atoms with Crippen molar-refractivity contribution in [3.63, 3.8) is 0 Å². The Balaban J connectivity index is 2.81. The van der Waals surface area contributed by atoms with Gasteiger partial charge in [0.2, 0.25) is 0 Å². The molecule has 0 aliphatic rings. The van der Waals surface area contributed by atoms with Crippen LogP contribution in [0.3, 0.4) is 0 Å². The summed E-state index contributed by atoms with van der Waals surface area (Å²) >= 11 is 0. The third kappa shape index (κ3) is 11.7. The Morgan fingerprint density at radius 3 is 2.07 bits per heavy atom. The predicted molar refractivity (Wildman–Crippen MR) is 63.6 cm³/mol. The Bertz CT molecular complexity index is 110. The molecule has 0 bridgehead atoms. The molecule has 0 aromatic rings. The van der Waals surface area contributed by atoms with Gasteiger partial charge in [-0.1, -0.05) is 57.9 Å². The van der Waals surface area contributed by atoms with Crippen molar-refractivity contribution in [2.24, 2.45) is 0 Å². The van der Waals surface area contributed by atoms with Crippen molar-refractivity contribution in [2.75, 3.05) is 13.2 Å². The van der Waals surface area contributed by atoms with Gasteiger partial charge < -0.3 is 4.74 Å². The third-order valence-electron chi connectivity index (χ3n) is 2.38. The standard InChI is InChI=1S/C13H26O/c1-3-5-6-7-8-9-10-11-13-14-12-4-2/h4H,2-3,5-13H2,1H3. The first kappa shape index (κ1) is 13.7. The summed E-state index contributed by atoms with van der Waals surface area (Å²) in [5, 5.41) is 0. The van der Waals surface area contributed by atoms with Crippen LogP contribution in [0.2, 0.25) is 0 Å². The van der Waals surface area contributed by atoms with Gasteiger partial charge in [-0.2, -0.15) is 0 Å². The number of unbranched alkanes of at least 4 members (excludes halogenated alkanes) is 7. The zero-order valence-electron chi connectivity index (χ0n) is 9.76. The molecule has 0 heterocycles. The number of rotatable bonds is 11. The molecule has 0 atom stereocenters. The molecule has 0 aliphatic heterocycles. The van der Waals surface area contributed by atoms with Crippen molar-refractivity contribution in [1.82, 2.24) is 0 Å². The highest BCUT2D eigenvalue weighted by atomic mass is 16.5. The second kappa shape index (κ2) is 12.7. The fourth-order valence-electron chi connectivity index (χ4n) is 1.50. The van der Waals surface area contributed by atoms with E-state index >= 15 is 0 Å². The molecule has 0 radical (unpaired) electrons. The maximum Gasteiger partial charge on any atom is 0.0644 e. The Labute approximate surface area is 89.5 Å². The van der Waals surface area contributed by atoms with Gasteiger partial charge in [0, 0.05) is 6.61 Å². The normalized spacial score (nSPS) is 10.4. The summed E-state index contributed by atoms with van der Waals surface area (Å²) in [5.74, 6) is 0. The molecule has 84 valence electrons. The topological polar surface area (TPSA) is 9.23 Å². The zero-order chi connectivity index (χ0) is 10.5. The van der Waals surface area contributed by atoms with Gasteiger partial charge in [-0.25, -0.2) is 0 Å². The minimum atomic E-state index is 0.705. The van der Waals surface area contributed by atoms with E-state index in [1.165, 1.54) is 51.4 Å². The molecule has 0 saturated carbocycles. The molecule has 0 amide bonds. The van der Waals surface area contributed by atoms with Gasteiger partial charge in [0.1, 0.15) is 0 Å². The van der Waals surface area contributed by atoms with Gasteiger partial charge in [0.25, 0.3) is 0 Å². The summed E-state index contributed by atoms with van der Waals surface area (Å²) in [6.45, 7) is 7.48. The van der Waals surface area contributed by atoms with E-state index in [-0.39, 0.29) is 0 Å². The van der Waals surface area contributed by atoms with Gasteiger partial charge in [-0.15, -0.1) is 6.58 Å². The average molecular weight is 198 g/mol. The highest BCUT2D eigenvalue weighted by Crippen LogP contribution is 2.08. The van der Waals surface area contributed by atoms with E-state index in [0.717, 1.165) is 6.61 Å². The summed E-state index contributed by atoms with van der Waals surface area (Å²) in [6, 6.07) is 0. The summed E-state index contributed by atoms with van der Waals surface area (Å²) < 4.78 is 5.31. The SMILES string of the molecule is C=CCOCCCCCCCCCC. The van der Waals surface area contributed by atoms with Gasteiger partial charge >= 0.3 is 0 Å². The maximum atomic E-state index is 5.31. The van der Waals surface area contributed by atoms with E-state index in [2.05, 4.69) is 13.5 Å². The lowest BCUT2D eigenvalue weighted by Crippen LogP contribution is -1.93. The smallest absolute Gasteiger partial charge is 0.0644 e. The Kier molecular flexibility index (Phi) is 12.4. The Morgan fingerprint density at radius 1 is 0.929 bits per heavy atom. The van der Waals surface area contributed by atoms with Gasteiger partial charge in [-0.05, 0) is 6.42 Å². The van der Waals surface area contributed by atoms with Crippen LogP contribution in [-0.4, -0.2) is 13.2 Å². The molecular weight excluding hydrogens is 172 g/mol. The second-order valence-electron chi connectivity index (χ2n) is 3.84. The molecule has 1 nitrogen and oxygen atoms in total. The van der Waals surface area contributed by atoms with Crippen molar-refractivity contribution in [1.29, 1.82) is 0 Å². The molecule has 0 saturated heterocycles. The quantitative estimate of drug-likeness (QED) is 0.355. The molecule has 0 fully saturated rings. The molecule has 0 unspecified atom stereocenters. The zero-order valence-corrected chi connectivity index (χ0v) is 9.76. The van der Waals surface area contributed by atoms with Gasteiger partial charge in [0.15, 0.2) is 0 Å². The predicted octanol–water partition coefficient (Wildman–Crippen LogP) is 4.33. The Hall–Kier alpha value is -0.300. The molecule has 14 heavy (non-hydrogen) atoms. The molecule has 0 aromatic carbocycles. The van der Waals surface area contributed by atoms with Crippen molar-refractivity contribution in [2.45, 2.75) is 58.3 Å². The molecule has 0 aliphatic carbocycles. The maximum absolute atomic E-state index is 5.31. The summed E-state index contributed by atoms with van der Waals surface area (Å²) in [7, 11) is 0. The molecule has 0 aromatic heterocycles. The number of hydrogen-bond donors (Lipinski definition) is 0. The highest BCUT2D eigenvalue weighted by Gasteiger charge is 1.91. The van der Waals surface area contributed by atoms with Crippen molar-refractivity contribution < 1.29 is 4.74 Å². The van der Waals surface area contributed by atoms with Gasteiger partial charge in [0.05, 0.1) is 6.61 Å². The van der Waals surface area contributed by atoms with E-state index in [1.54, 1.807) is 0 Å². The second-order valence-corrected chi connectivity index (χ2v) is 3.84.